The van der Waals surface area contributed by atoms with E-state index in [0.29, 0.717) is 5.11 Å². The molecule has 11 heavy (non-hydrogen) atoms. The van der Waals surface area contributed by atoms with E-state index >= 15 is 0 Å². The van der Waals surface area contributed by atoms with Crippen LogP contribution in [0.25, 0.3) is 0 Å². The summed E-state index contributed by atoms with van der Waals surface area (Å²) in [6.45, 7) is 1.95. The van der Waals surface area contributed by atoms with E-state index in [1.54, 1.807) is 7.05 Å². The SMILES string of the molecule is CNC(=S)Nc1cc(C)ns1. The van der Waals surface area contributed by atoms with Gasteiger partial charge in [-0.3, -0.25) is 0 Å². The van der Waals surface area contributed by atoms with Crippen LogP contribution in [-0.4, -0.2) is 16.5 Å². The summed E-state index contributed by atoms with van der Waals surface area (Å²) in [4.78, 5) is 0. The molecule has 0 spiro atoms. The number of thiocarbonyl (C=S) groups is 1. The van der Waals surface area contributed by atoms with Gasteiger partial charge in [0.25, 0.3) is 0 Å². The van der Waals surface area contributed by atoms with Crippen LogP contribution in [0.3, 0.4) is 0 Å². The molecule has 0 aliphatic carbocycles. The lowest BCUT2D eigenvalue weighted by atomic mass is 10.5. The van der Waals surface area contributed by atoms with E-state index in [-0.39, 0.29) is 0 Å². The van der Waals surface area contributed by atoms with Gasteiger partial charge >= 0.3 is 0 Å². The van der Waals surface area contributed by atoms with Crippen LogP contribution in [0.15, 0.2) is 6.07 Å². The second kappa shape index (κ2) is 3.64. The third kappa shape index (κ3) is 2.44. The molecule has 0 saturated carbocycles. The average molecular weight is 187 g/mol. The average Bonchev–Trinajstić information content (AvgIpc) is 2.35. The van der Waals surface area contributed by atoms with Gasteiger partial charge in [-0.15, -0.1) is 0 Å². The van der Waals surface area contributed by atoms with Crippen molar-refractivity contribution in [1.29, 1.82) is 0 Å². The van der Waals surface area contributed by atoms with Gasteiger partial charge in [-0.1, -0.05) is 0 Å². The summed E-state index contributed by atoms with van der Waals surface area (Å²) in [7, 11) is 1.78. The number of aryl methyl sites for hydroxylation is 1. The molecule has 0 fully saturated rings. The molecule has 1 rings (SSSR count). The fraction of sp³-hybridized carbons (Fsp3) is 0.333. The molecule has 2 N–H and O–H groups in total. The van der Waals surface area contributed by atoms with Crippen molar-refractivity contribution in [2.24, 2.45) is 0 Å². The largest absolute Gasteiger partial charge is 0.366 e. The molecule has 0 saturated heterocycles. The zero-order chi connectivity index (χ0) is 8.27. The lowest BCUT2D eigenvalue weighted by Gasteiger charge is -2.01. The van der Waals surface area contributed by atoms with Gasteiger partial charge in [-0.05, 0) is 36.7 Å². The number of nitrogens with one attached hydrogen (secondary N) is 2. The van der Waals surface area contributed by atoms with Crippen molar-refractivity contribution in [2.75, 3.05) is 12.4 Å². The van der Waals surface area contributed by atoms with E-state index in [2.05, 4.69) is 15.0 Å². The second-order valence-corrected chi connectivity index (χ2v) is 3.25. The molecule has 1 heterocycles. The Morgan fingerprint density at radius 1 is 1.73 bits per heavy atom. The summed E-state index contributed by atoms with van der Waals surface area (Å²) < 4.78 is 4.10. The predicted octanol–water partition coefficient (Wildman–Crippen LogP) is 1.37. The normalized spacial score (nSPS) is 9.27. The summed E-state index contributed by atoms with van der Waals surface area (Å²) in [6, 6.07) is 1.95. The highest BCUT2D eigenvalue weighted by atomic mass is 32.1. The molecule has 0 unspecified atom stereocenters. The topological polar surface area (TPSA) is 37.0 Å². The third-order valence-corrected chi connectivity index (χ3v) is 2.19. The molecule has 0 radical (unpaired) electrons. The van der Waals surface area contributed by atoms with Gasteiger partial charge in [0.2, 0.25) is 0 Å². The molecular weight excluding hydrogens is 178 g/mol. The minimum atomic E-state index is 0.619. The van der Waals surface area contributed by atoms with Crippen LogP contribution in [0.2, 0.25) is 0 Å². The minimum Gasteiger partial charge on any atom is -0.366 e. The van der Waals surface area contributed by atoms with Crippen molar-refractivity contribution in [3.05, 3.63) is 11.8 Å². The number of nitrogens with zero attached hydrogens (tertiary/aromatic N) is 1. The number of rotatable bonds is 1. The Morgan fingerprint density at radius 2 is 2.45 bits per heavy atom. The van der Waals surface area contributed by atoms with Gasteiger partial charge in [-0.25, -0.2) is 0 Å². The minimum absolute atomic E-state index is 0.619. The smallest absolute Gasteiger partial charge is 0.171 e. The van der Waals surface area contributed by atoms with Crippen molar-refractivity contribution in [1.82, 2.24) is 9.69 Å². The van der Waals surface area contributed by atoms with E-state index in [9.17, 15) is 0 Å². The van der Waals surface area contributed by atoms with E-state index < -0.39 is 0 Å². The first-order chi connectivity index (χ1) is 5.22. The number of anilines is 1. The molecule has 0 atom stereocenters. The second-order valence-electron chi connectivity index (χ2n) is 2.04. The zero-order valence-electron chi connectivity index (χ0n) is 6.34. The fourth-order valence-corrected chi connectivity index (χ4v) is 1.44. The van der Waals surface area contributed by atoms with Crippen molar-refractivity contribution in [3.8, 4) is 0 Å². The summed E-state index contributed by atoms with van der Waals surface area (Å²) in [5.74, 6) is 0. The standard InChI is InChI=1S/C6H9N3S2/c1-4-3-5(11-9-4)8-6(10)7-2/h3H,1-2H3,(H2,7,8,10). The summed E-state index contributed by atoms with van der Waals surface area (Å²) in [6.07, 6.45) is 0. The van der Waals surface area contributed by atoms with Crippen molar-refractivity contribution >= 4 is 33.9 Å². The first-order valence-corrected chi connectivity index (χ1v) is 4.32. The molecule has 60 valence electrons. The first-order valence-electron chi connectivity index (χ1n) is 3.14. The lowest BCUT2D eigenvalue weighted by Crippen LogP contribution is -2.23. The molecule has 0 amide bonds. The Labute approximate surface area is 75.0 Å². The zero-order valence-corrected chi connectivity index (χ0v) is 7.97. The van der Waals surface area contributed by atoms with Gasteiger partial charge in [0.1, 0.15) is 5.00 Å². The Hall–Kier alpha value is -0.680. The Morgan fingerprint density at radius 3 is 2.91 bits per heavy atom. The van der Waals surface area contributed by atoms with Crippen LogP contribution < -0.4 is 10.6 Å². The van der Waals surface area contributed by atoms with Crippen molar-refractivity contribution < 1.29 is 0 Å². The third-order valence-electron chi connectivity index (χ3n) is 1.09. The van der Waals surface area contributed by atoms with Crippen LogP contribution in [-0.2, 0) is 0 Å². The molecule has 0 bridgehead atoms. The maximum absolute atomic E-state index is 4.90. The molecule has 1 aromatic rings. The van der Waals surface area contributed by atoms with E-state index in [0.717, 1.165) is 10.7 Å². The van der Waals surface area contributed by atoms with Gasteiger partial charge in [-0.2, -0.15) is 4.37 Å². The van der Waals surface area contributed by atoms with E-state index in [4.69, 9.17) is 12.2 Å². The summed E-state index contributed by atoms with van der Waals surface area (Å²) in [5.41, 5.74) is 1.01. The molecule has 0 aromatic carbocycles. The molecule has 3 nitrogen and oxygen atoms in total. The number of hydrogen-bond donors (Lipinski definition) is 2. The monoisotopic (exact) mass is 187 g/mol. The van der Waals surface area contributed by atoms with Gasteiger partial charge < -0.3 is 10.6 Å². The van der Waals surface area contributed by atoms with E-state index in [1.807, 2.05) is 13.0 Å². The van der Waals surface area contributed by atoms with E-state index in [1.165, 1.54) is 11.5 Å². The number of hydrogen-bond acceptors (Lipinski definition) is 3. The van der Waals surface area contributed by atoms with Gasteiger partial charge in [0, 0.05) is 7.05 Å². The van der Waals surface area contributed by atoms with Gasteiger partial charge in [0.05, 0.1) is 5.69 Å². The Bertz CT molecular complexity index is 256. The highest BCUT2D eigenvalue weighted by molar-refractivity contribution is 7.80. The molecule has 1 aromatic heterocycles. The summed E-state index contributed by atoms with van der Waals surface area (Å²) >= 11 is 6.31. The maximum Gasteiger partial charge on any atom is 0.171 e. The Kier molecular flexibility index (Phi) is 2.78. The van der Waals surface area contributed by atoms with Crippen molar-refractivity contribution in [2.45, 2.75) is 6.92 Å². The fourth-order valence-electron chi connectivity index (χ4n) is 0.597. The summed E-state index contributed by atoms with van der Waals surface area (Å²) in [5, 5.41) is 7.40. The lowest BCUT2D eigenvalue weighted by molar-refractivity contribution is 1.20. The molecular formula is C6H9N3S2. The quantitative estimate of drug-likeness (QED) is 0.651. The molecule has 5 heteroatoms. The first kappa shape index (κ1) is 8.42. The molecule has 0 aliphatic heterocycles. The highest BCUT2D eigenvalue weighted by Crippen LogP contribution is 2.14. The maximum atomic E-state index is 4.90. The van der Waals surface area contributed by atoms with Gasteiger partial charge in [0.15, 0.2) is 5.11 Å². The highest BCUT2D eigenvalue weighted by Gasteiger charge is 1.97. The Balaban J connectivity index is 2.57. The van der Waals surface area contributed by atoms with Crippen LogP contribution >= 0.6 is 23.8 Å². The molecule has 0 aliphatic rings. The van der Waals surface area contributed by atoms with Crippen LogP contribution in [0.4, 0.5) is 5.00 Å². The van der Waals surface area contributed by atoms with Crippen molar-refractivity contribution in [3.63, 3.8) is 0 Å². The van der Waals surface area contributed by atoms with Crippen LogP contribution in [0, 0.1) is 6.92 Å². The van der Waals surface area contributed by atoms with Crippen LogP contribution in [0.5, 0.6) is 0 Å². The predicted molar refractivity (Wildman–Crippen MR) is 52.1 cm³/mol. The van der Waals surface area contributed by atoms with Crippen LogP contribution in [0.1, 0.15) is 5.69 Å². The number of aromatic nitrogens is 1.